The van der Waals surface area contributed by atoms with E-state index >= 15 is 0 Å². The van der Waals surface area contributed by atoms with Gasteiger partial charge in [-0.15, -0.1) is 0 Å². The van der Waals surface area contributed by atoms with E-state index in [2.05, 4.69) is 15.3 Å². The van der Waals surface area contributed by atoms with Crippen molar-refractivity contribution in [2.75, 3.05) is 19.0 Å². The third kappa shape index (κ3) is 3.18. The zero-order valence-corrected chi connectivity index (χ0v) is 13.5. The van der Waals surface area contributed by atoms with E-state index in [9.17, 15) is 4.79 Å². The Bertz CT molecular complexity index is 823. The highest BCUT2D eigenvalue weighted by Crippen LogP contribution is 2.22. The van der Waals surface area contributed by atoms with Gasteiger partial charge in [0.15, 0.2) is 0 Å². The summed E-state index contributed by atoms with van der Waals surface area (Å²) in [6.45, 7) is 1.92. The molecule has 1 amide bonds. The molecule has 0 aliphatic heterocycles. The highest BCUT2D eigenvalue weighted by molar-refractivity contribution is 5.98. The molecule has 0 saturated carbocycles. The SMILES string of the molecule is C[C@H](NC(=O)c1cc2ccc(N(C)C)cc2[nH]1)c1ccccn1. The van der Waals surface area contributed by atoms with E-state index < -0.39 is 0 Å². The fraction of sp³-hybridized carbons (Fsp3) is 0.222. The number of rotatable bonds is 4. The highest BCUT2D eigenvalue weighted by Gasteiger charge is 2.14. The number of hydrogen-bond acceptors (Lipinski definition) is 3. The molecule has 2 heterocycles. The normalized spacial score (nSPS) is 12.1. The number of aromatic amines is 1. The van der Waals surface area contributed by atoms with Gasteiger partial charge >= 0.3 is 0 Å². The molecule has 0 bridgehead atoms. The standard InChI is InChI=1S/C18H20N4O/c1-12(15-6-4-5-9-19-15)20-18(23)17-10-13-7-8-14(22(2)3)11-16(13)21-17/h4-12,21H,1-3H3,(H,20,23)/t12-/m0/s1. The molecule has 0 radical (unpaired) electrons. The molecular weight excluding hydrogens is 288 g/mol. The van der Waals surface area contributed by atoms with E-state index in [1.807, 2.05) is 68.4 Å². The number of carbonyl (C=O) groups excluding carboxylic acids is 1. The molecule has 2 aromatic heterocycles. The van der Waals surface area contributed by atoms with Gasteiger partial charge in [-0.25, -0.2) is 0 Å². The molecule has 0 aliphatic rings. The molecule has 3 aromatic rings. The van der Waals surface area contributed by atoms with Crippen molar-refractivity contribution in [1.82, 2.24) is 15.3 Å². The number of nitrogens with zero attached hydrogens (tertiary/aromatic N) is 2. The zero-order valence-electron chi connectivity index (χ0n) is 13.5. The van der Waals surface area contributed by atoms with Gasteiger partial charge in [0.2, 0.25) is 0 Å². The molecule has 2 N–H and O–H groups in total. The third-order valence-corrected chi connectivity index (χ3v) is 3.85. The number of carbonyl (C=O) groups is 1. The van der Waals surface area contributed by atoms with Crippen molar-refractivity contribution in [2.24, 2.45) is 0 Å². The summed E-state index contributed by atoms with van der Waals surface area (Å²) in [6.07, 6.45) is 1.73. The van der Waals surface area contributed by atoms with Gasteiger partial charge < -0.3 is 15.2 Å². The first-order valence-electron chi connectivity index (χ1n) is 7.56. The molecule has 0 fully saturated rings. The lowest BCUT2D eigenvalue weighted by molar-refractivity contribution is 0.0935. The van der Waals surface area contributed by atoms with Gasteiger partial charge in [-0.05, 0) is 37.3 Å². The Morgan fingerprint density at radius 3 is 2.74 bits per heavy atom. The largest absolute Gasteiger partial charge is 0.378 e. The van der Waals surface area contributed by atoms with Crippen molar-refractivity contribution in [3.8, 4) is 0 Å². The van der Waals surface area contributed by atoms with Gasteiger partial charge in [0.1, 0.15) is 5.69 Å². The minimum atomic E-state index is -0.146. The van der Waals surface area contributed by atoms with Crippen molar-refractivity contribution < 1.29 is 4.79 Å². The molecule has 0 aliphatic carbocycles. The lowest BCUT2D eigenvalue weighted by Gasteiger charge is -2.12. The van der Waals surface area contributed by atoms with Crippen molar-refractivity contribution in [3.63, 3.8) is 0 Å². The van der Waals surface area contributed by atoms with Crippen LogP contribution in [0.15, 0.2) is 48.7 Å². The monoisotopic (exact) mass is 308 g/mol. The number of fused-ring (bicyclic) bond motifs is 1. The van der Waals surface area contributed by atoms with Gasteiger partial charge in [0.25, 0.3) is 5.91 Å². The number of H-pyrrole nitrogens is 1. The quantitative estimate of drug-likeness (QED) is 0.778. The van der Waals surface area contributed by atoms with Crippen LogP contribution in [0.1, 0.15) is 29.1 Å². The van der Waals surface area contributed by atoms with Crippen LogP contribution >= 0.6 is 0 Å². The second kappa shape index (κ2) is 6.12. The lowest BCUT2D eigenvalue weighted by atomic mass is 10.2. The van der Waals surface area contributed by atoms with Crippen molar-refractivity contribution >= 4 is 22.5 Å². The first kappa shape index (κ1) is 15.1. The van der Waals surface area contributed by atoms with Crippen LogP contribution in [0.2, 0.25) is 0 Å². The maximum absolute atomic E-state index is 12.4. The molecule has 0 spiro atoms. The minimum absolute atomic E-state index is 0.134. The molecule has 5 heteroatoms. The average Bonchev–Trinajstić information content (AvgIpc) is 2.98. The van der Waals surface area contributed by atoms with Gasteiger partial charge in [-0.1, -0.05) is 12.1 Å². The molecule has 118 valence electrons. The van der Waals surface area contributed by atoms with Crippen LogP contribution in [0.3, 0.4) is 0 Å². The van der Waals surface area contributed by atoms with Crippen molar-refractivity contribution in [2.45, 2.75) is 13.0 Å². The Kier molecular flexibility index (Phi) is 4.02. The van der Waals surface area contributed by atoms with E-state index in [4.69, 9.17) is 0 Å². The number of amides is 1. The Morgan fingerprint density at radius 2 is 2.04 bits per heavy atom. The topological polar surface area (TPSA) is 61.0 Å². The smallest absolute Gasteiger partial charge is 0.268 e. The van der Waals surface area contributed by atoms with Crippen molar-refractivity contribution in [1.29, 1.82) is 0 Å². The van der Waals surface area contributed by atoms with E-state index in [0.717, 1.165) is 22.3 Å². The molecule has 0 unspecified atom stereocenters. The average molecular weight is 308 g/mol. The highest BCUT2D eigenvalue weighted by atomic mass is 16.1. The molecular formula is C18H20N4O. The number of aromatic nitrogens is 2. The molecule has 3 rings (SSSR count). The first-order valence-corrected chi connectivity index (χ1v) is 7.56. The summed E-state index contributed by atoms with van der Waals surface area (Å²) in [7, 11) is 3.98. The van der Waals surface area contributed by atoms with Crippen LogP contribution in [0, 0.1) is 0 Å². The second-order valence-electron chi connectivity index (χ2n) is 5.80. The summed E-state index contributed by atoms with van der Waals surface area (Å²) in [5, 5.41) is 3.99. The number of anilines is 1. The Balaban J connectivity index is 1.81. The summed E-state index contributed by atoms with van der Waals surface area (Å²) >= 11 is 0. The van der Waals surface area contributed by atoms with E-state index in [1.165, 1.54) is 0 Å². The third-order valence-electron chi connectivity index (χ3n) is 3.85. The van der Waals surface area contributed by atoms with Gasteiger partial charge in [0, 0.05) is 36.9 Å². The molecule has 5 nitrogen and oxygen atoms in total. The molecule has 0 saturated heterocycles. The number of pyridine rings is 1. The van der Waals surface area contributed by atoms with E-state index in [0.29, 0.717) is 5.69 Å². The van der Waals surface area contributed by atoms with Crippen LogP contribution in [-0.2, 0) is 0 Å². The van der Waals surface area contributed by atoms with E-state index in [-0.39, 0.29) is 11.9 Å². The van der Waals surface area contributed by atoms with Crippen LogP contribution in [0.25, 0.3) is 10.9 Å². The first-order chi connectivity index (χ1) is 11.0. The maximum Gasteiger partial charge on any atom is 0.268 e. The predicted octanol–water partition coefficient (Wildman–Crippen LogP) is 3.12. The van der Waals surface area contributed by atoms with E-state index in [1.54, 1.807) is 6.20 Å². The van der Waals surface area contributed by atoms with Gasteiger partial charge in [-0.2, -0.15) is 0 Å². The molecule has 23 heavy (non-hydrogen) atoms. The predicted molar refractivity (Wildman–Crippen MR) is 92.7 cm³/mol. The summed E-state index contributed by atoms with van der Waals surface area (Å²) in [6, 6.07) is 13.5. The van der Waals surface area contributed by atoms with Crippen LogP contribution in [-0.4, -0.2) is 30.0 Å². The zero-order chi connectivity index (χ0) is 16.4. The summed E-state index contributed by atoms with van der Waals surface area (Å²) < 4.78 is 0. The summed E-state index contributed by atoms with van der Waals surface area (Å²) in [5.41, 5.74) is 3.44. The summed E-state index contributed by atoms with van der Waals surface area (Å²) in [4.78, 5) is 21.9. The fourth-order valence-electron chi connectivity index (χ4n) is 2.50. The Morgan fingerprint density at radius 1 is 1.22 bits per heavy atom. The molecule has 1 aromatic carbocycles. The second-order valence-corrected chi connectivity index (χ2v) is 5.80. The van der Waals surface area contributed by atoms with Crippen LogP contribution in [0.5, 0.6) is 0 Å². The maximum atomic E-state index is 12.4. The lowest BCUT2D eigenvalue weighted by Crippen LogP contribution is -2.27. The number of nitrogens with one attached hydrogen (secondary N) is 2. The van der Waals surface area contributed by atoms with Crippen LogP contribution < -0.4 is 10.2 Å². The Labute approximate surface area is 135 Å². The van der Waals surface area contributed by atoms with Crippen LogP contribution in [0.4, 0.5) is 5.69 Å². The minimum Gasteiger partial charge on any atom is -0.378 e. The fourth-order valence-corrected chi connectivity index (χ4v) is 2.50. The number of benzene rings is 1. The molecule has 1 atom stereocenters. The van der Waals surface area contributed by atoms with Crippen molar-refractivity contribution in [3.05, 3.63) is 60.0 Å². The Hall–Kier alpha value is -2.82. The summed E-state index contributed by atoms with van der Waals surface area (Å²) in [5.74, 6) is -0.134. The number of hydrogen-bond donors (Lipinski definition) is 2. The van der Waals surface area contributed by atoms with Gasteiger partial charge in [-0.3, -0.25) is 9.78 Å². The van der Waals surface area contributed by atoms with Gasteiger partial charge in [0.05, 0.1) is 11.7 Å².